The number of H-pyrrole nitrogens is 1. The minimum absolute atomic E-state index is 0.0860. The summed E-state index contributed by atoms with van der Waals surface area (Å²) < 4.78 is 13.8. The topological polar surface area (TPSA) is 70.7 Å². The molecule has 0 aliphatic carbocycles. The molecule has 0 fully saturated rings. The van der Waals surface area contributed by atoms with Crippen molar-refractivity contribution in [3.05, 3.63) is 59.8 Å². The van der Waals surface area contributed by atoms with E-state index in [1.54, 1.807) is 25.1 Å². The number of benzene rings is 1. The van der Waals surface area contributed by atoms with Crippen LogP contribution in [0.15, 0.2) is 36.9 Å². The maximum absolute atomic E-state index is 13.8. The van der Waals surface area contributed by atoms with Gasteiger partial charge in [0.15, 0.2) is 0 Å². The zero-order valence-electron chi connectivity index (χ0n) is 14.2. The van der Waals surface area contributed by atoms with Crippen molar-refractivity contribution in [1.82, 2.24) is 20.3 Å². The molecule has 0 saturated heterocycles. The second kappa shape index (κ2) is 6.84. The van der Waals surface area contributed by atoms with E-state index in [2.05, 4.69) is 26.8 Å². The lowest BCUT2D eigenvalue weighted by atomic mass is 10.1. The molecule has 0 spiro atoms. The lowest BCUT2D eigenvalue weighted by Crippen LogP contribution is -2.31. The van der Waals surface area contributed by atoms with Crippen molar-refractivity contribution in [1.29, 1.82) is 0 Å². The lowest BCUT2D eigenvalue weighted by molar-refractivity contribution is 0.0946. The fraction of sp³-hybridized carbons (Fsp3) is 0.211. The number of halogens is 1. The normalized spacial score (nSPS) is 12.8. The predicted octanol–water partition coefficient (Wildman–Crippen LogP) is 3.55. The van der Waals surface area contributed by atoms with Crippen LogP contribution in [-0.4, -0.2) is 27.4 Å². The van der Waals surface area contributed by atoms with Crippen LogP contribution in [0.1, 0.15) is 28.7 Å². The first-order valence-electron chi connectivity index (χ1n) is 8.05. The van der Waals surface area contributed by atoms with Crippen LogP contribution in [0.3, 0.4) is 0 Å². The summed E-state index contributed by atoms with van der Waals surface area (Å²) in [6.45, 7) is 7.46. The largest absolute Gasteiger partial charge is 0.358 e. The van der Waals surface area contributed by atoms with Gasteiger partial charge >= 0.3 is 0 Å². The van der Waals surface area contributed by atoms with E-state index in [-0.39, 0.29) is 11.6 Å². The van der Waals surface area contributed by atoms with Crippen molar-refractivity contribution < 1.29 is 9.18 Å². The number of aromatic nitrogens is 3. The monoisotopic (exact) mass is 338 g/mol. The minimum atomic E-state index is -0.575. The number of carbonyl (C=O) groups excluding carboxylic acids is 1. The number of fused-ring (bicyclic) bond motifs is 2. The maximum atomic E-state index is 13.8. The predicted molar refractivity (Wildman–Crippen MR) is 95.9 cm³/mol. The Hall–Kier alpha value is -3.02. The van der Waals surface area contributed by atoms with Crippen LogP contribution < -0.4 is 5.32 Å². The van der Waals surface area contributed by atoms with E-state index in [9.17, 15) is 9.18 Å². The van der Waals surface area contributed by atoms with Crippen LogP contribution in [0.5, 0.6) is 0 Å². The standard InChI is InChI=1S/C16H13FN4O.C3H6/c1-8-15(17)21-14-9(3-2-4-12(14)19-8)13-7-10-11(20-13)5-6-18-16(10)22;1-3-2/h2-4,7,20H,5-6H2,1H3,(H,18,22);3H,1H2,2H3. The number of allylic oxidation sites excluding steroid dienone is 1. The number of aromatic amines is 1. The summed E-state index contributed by atoms with van der Waals surface area (Å²) in [5.74, 6) is -0.661. The van der Waals surface area contributed by atoms with E-state index in [1.807, 2.05) is 19.1 Å². The number of hydrogen-bond acceptors (Lipinski definition) is 3. The second-order valence-corrected chi connectivity index (χ2v) is 5.76. The van der Waals surface area contributed by atoms with Crippen LogP contribution in [0.25, 0.3) is 22.3 Å². The van der Waals surface area contributed by atoms with Crippen LogP contribution in [0.2, 0.25) is 0 Å². The molecule has 0 saturated carbocycles. The Morgan fingerprint density at radius 1 is 1.28 bits per heavy atom. The van der Waals surface area contributed by atoms with Gasteiger partial charge in [-0.25, -0.2) is 9.97 Å². The first kappa shape index (κ1) is 16.8. The van der Waals surface area contributed by atoms with Crippen molar-refractivity contribution in [2.24, 2.45) is 0 Å². The van der Waals surface area contributed by atoms with Gasteiger partial charge in [0.2, 0.25) is 5.95 Å². The van der Waals surface area contributed by atoms with E-state index in [1.165, 1.54) is 0 Å². The number of aryl methyl sites for hydroxylation is 1. The molecule has 25 heavy (non-hydrogen) atoms. The molecule has 6 heteroatoms. The number of hydrogen-bond donors (Lipinski definition) is 2. The molecule has 0 bridgehead atoms. The highest BCUT2D eigenvalue weighted by Gasteiger charge is 2.21. The summed E-state index contributed by atoms with van der Waals surface area (Å²) in [6.07, 6.45) is 2.50. The highest BCUT2D eigenvalue weighted by Crippen LogP contribution is 2.29. The smallest absolute Gasteiger partial charge is 0.253 e. The van der Waals surface area contributed by atoms with Crippen LogP contribution in [0, 0.1) is 12.9 Å². The first-order chi connectivity index (χ1) is 12.0. The average Bonchev–Trinajstić information content (AvgIpc) is 3.02. The molecule has 1 aromatic carbocycles. The van der Waals surface area contributed by atoms with Crippen molar-refractivity contribution in [3.8, 4) is 11.3 Å². The third kappa shape index (κ3) is 3.15. The highest BCUT2D eigenvalue weighted by atomic mass is 19.1. The Morgan fingerprint density at radius 3 is 2.76 bits per heavy atom. The molecule has 3 aromatic rings. The van der Waals surface area contributed by atoms with E-state index in [4.69, 9.17) is 0 Å². The van der Waals surface area contributed by atoms with E-state index < -0.39 is 5.95 Å². The van der Waals surface area contributed by atoms with Crippen LogP contribution in [0.4, 0.5) is 4.39 Å². The summed E-state index contributed by atoms with van der Waals surface area (Å²) in [5, 5.41) is 2.81. The molecule has 0 radical (unpaired) electrons. The average molecular weight is 338 g/mol. The Bertz CT molecular complexity index is 961. The zero-order valence-corrected chi connectivity index (χ0v) is 14.2. The molecule has 4 rings (SSSR count). The molecule has 128 valence electrons. The highest BCUT2D eigenvalue weighted by molar-refractivity contribution is 5.99. The summed E-state index contributed by atoms with van der Waals surface area (Å²) in [6, 6.07) is 7.29. The fourth-order valence-electron chi connectivity index (χ4n) is 2.80. The summed E-state index contributed by atoms with van der Waals surface area (Å²) >= 11 is 0. The molecular formula is C19H19FN4O. The number of amides is 1. The first-order valence-corrected chi connectivity index (χ1v) is 8.05. The van der Waals surface area contributed by atoms with Crippen molar-refractivity contribution in [2.45, 2.75) is 20.3 Å². The van der Waals surface area contributed by atoms with Gasteiger partial charge in [-0.1, -0.05) is 18.2 Å². The van der Waals surface area contributed by atoms with Gasteiger partial charge in [0, 0.05) is 29.9 Å². The molecule has 1 aliphatic rings. The quantitative estimate of drug-likeness (QED) is 0.667. The van der Waals surface area contributed by atoms with Gasteiger partial charge in [0.05, 0.1) is 16.8 Å². The van der Waals surface area contributed by atoms with Crippen LogP contribution >= 0.6 is 0 Å². The van der Waals surface area contributed by atoms with Gasteiger partial charge in [-0.15, -0.1) is 6.58 Å². The molecule has 2 aromatic heterocycles. The van der Waals surface area contributed by atoms with Gasteiger partial charge in [0.25, 0.3) is 5.91 Å². The minimum Gasteiger partial charge on any atom is -0.358 e. The van der Waals surface area contributed by atoms with Crippen molar-refractivity contribution in [2.75, 3.05) is 6.54 Å². The summed E-state index contributed by atoms with van der Waals surface area (Å²) in [5.41, 5.74) is 4.43. The van der Waals surface area contributed by atoms with Crippen molar-refractivity contribution in [3.63, 3.8) is 0 Å². The molecule has 1 aliphatic heterocycles. The molecule has 5 nitrogen and oxygen atoms in total. The van der Waals surface area contributed by atoms with E-state index in [0.29, 0.717) is 23.1 Å². The second-order valence-electron chi connectivity index (χ2n) is 5.76. The van der Waals surface area contributed by atoms with Gasteiger partial charge in [-0.3, -0.25) is 4.79 Å². The summed E-state index contributed by atoms with van der Waals surface area (Å²) in [4.78, 5) is 23.4. The molecule has 2 N–H and O–H groups in total. The van der Waals surface area contributed by atoms with Gasteiger partial charge in [-0.05, 0) is 26.0 Å². The van der Waals surface area contributed by atoms with E-state index in [0.717, 1.165) is 23.4 Å². The molecule has 0 atom stereocenters. The lowest BCUT2D eigenvalue weighted by Gasteiger charge is -2.11. The maximum Gasteiger partial charge on any atom is 0.253 e. The Labute approximate surface area is 145 Å². The molecule has 1 amide bonds. The Balaban J connectivity index is 0.000000569. The third-order valence-corrected chi connectivity index (χ3v) is 3.91. The molecule has 3 heterocycles. The number of carbonyl (C=O) groups is 1. The van der Waals surface area contributed by atoms with Gasteiger partial charge in [0.1, 0.15) is 5.52 Å². The third-order valence-electron chi connectivity index (χ3n) is 3.91. The fourth-order valence-corrected chi connectivity index (χ4v) is 2.80. The Kier molecular flexibility index (Phi) is 4.61. The molecular weight excluding hydrogens is 319 g/mol. The molecule has 0 unspecified atom stereocenters. The SMILES string of the molecule is C=CC.Cc1nc2cccc(-c3cc4c([nH]3)CCNC4=O)c2nc1F. The van der Waals surface area contributed by atoms with Gasteiger partial charge in [-0.2, -0.15) is 4.39 Å². The van der Waals surface area contributed by atoms with Crippen LogP contribution in [-0.2, 0) is 6.42 Å². The van der Waals surface area contributed by atoms with Crippen molar-refractivity contribution >= 4 is 16.9 Å². The number of nitrogens with one attached hydrogen (secondary N) is 2. The number of nitrogens with zero attached hydrogens (tertiary/aromatic N) is 2. The van der Waals surface area contributed by atoms with Gasteiger partial charge < -0.3 is 10.3 Å². The summed E-state index contributed by atoms with van der Waals surface area (Å²) in [7, 11) is 0. The number of para-hydroxylation sites is 1. The van der Waals surface area contributed by atoms with E-state index >= 15 is 0 Å². The Morgan fingerprint density at radius 2 is 2.04 bits per heavy atom. The number of rotatable bonds is 1. The zero-order chi connectivity index (χ0) is 18.0.